The minimum Gasteiger partial charge on any atom is -0.463 e. The summed E-state index contributed by atoms with van der Waals surface area (Å²) in [6, 6.07) is 16.7. The average Bonchev–Trinajstić information content (AvgIpc) is 2.71. The van der Waals surface area contributed by atoms with Crippen LogP contribution in [0, 0.1) is 5.41 Å². The van der Waals surface area contributed by atoms with Gasteiger partial charge in [-0.1, -0.05) is 42.5 Å². The summed E-state index contributed by atoms with van der Waals surface area (Å²) in [5, 5.41) is 6.94. The van der Waals surface area contributed by atoms with Gasteiger partial charge in [0, 0.05) is 5.69 Å². The first-order valence-electron chi connectivity index (χ1n) is 10.7. The van der Waals surface area contributed by atoms with Crippen molar-refractivity contribution < 1.29 is 17.9 Å². The number of carbonyl (C=O) groups excluding carboxylic acids is 1. The zero-order chi connectivity index (χ0) is 24.6. The lowest BCUT2D eigenvalue weighted by atomic mass is 9.97. The maximum absolute atomic E-state index is 12.2. The molecule has 0 amide bonds. The Kier molecular flexibility index (Phi) is 9.25. The minimum absolute atomic E-state index is 0.119. The van der Waals surface area contributed by atoms with Gasteiger partial charge in [0.15, 0.2) is 5.11 Å². The fourth-order valence-electron chi connectivity index (χ4n) is 3.00. The molecule has 0 saturated heterocycles. The van der Waals surface area contributed by atoms with Crippen LogP contribution in [0.3, 0.4) is 0 Å². The quantitative estimate of drug-likeness (QED) is 0.363. The van der Waals surface area contributed by atoms with Gasteiger partial charge < -0.3 is 15.4 Å². The lowest BCUT2D eigenvalue weighted by Crippen LogP contribution is -2.46. The zero-order valence-corrected chi connectivity index (χ0v) is 21.3. The van der Waals surface area contributed by atoms with Gasteiger partial charge in [-0.3, -0.25) is 9.52 Å². The van der Waals surface area contributed by atoms with E-state index in [-0.39, 0.29) is 24.7 Å². The molecule has 0 unspecified atom stereocenters. The summed E-state index contributed by atoms with van der Waals surface area (Å²) >= 11 is 5.52. The highest BCUT2D eigenvalue weighted by Gasteiger charge is 2.24. The fraction of sp³-hybridized carbons (Fsp3) is 0.417. The maximum Gasteiger partial charge on any atom is 0.311 e. The predicted molar refractivity (Wildman–Crippen MR) is 137 cm³/mol. The average molecular weight is 492 g/mol. The Balaban J connectivity index is 2.00. The van der Waals surface area contributed by atoms with Crippen LogP contribution in [0.25, 0.3) is 0 Å². The van der Waals surface area contributed by atoms with Gasteiger partial charge in [-0.05, 0) is 69.6 Å². The molecule has 180 valence electrons. The molecular weight excluding hydrogens is 458 g/mol. The molecular formula is C24H33N3O4S2. The van der Waals surface area contributed by atoms with E-state index in [4.69, 9.17) is 17.0 Å². The van der Waals surface area contributed by atoms with Gasteiger partial charge >= 0.3 is 5.97 Å². The maximum atomic E-state index is 12.2. The molecule has 0 spiro atoms. The van der Waals surface area contributed by atoms with Crippen LogP contribution in [-0.4, -0.2) is 38.4 Å². The SMILES string of the molecule is C[C@H](NC(=S)N[C@@H](COC(=O)C(C)(C)C)Cc1ccccc1)c1ccc(NS(C)(=O)=O)cc1. The van der Waals surface area contributed by atoms with Gasteiger partial charge in [0.1, 0.15) is 6.61 Å². The monoisotopic (exact) mass is 491 g/mol. The number of nitrogens with one attached hydrogen (secondary N) is 3. The molecule has 0 heterocycles. The normalized spacial score (nSPS) is 13.5. The zero-order valence-electron chi connectivity index (χ0n) is 19.7. The third kappa shape index (κ3) is 9.79. The summed E-state index contributed by atoms with van der Waals surface area (Å²) < 4.78 is 30.7. The van der Waals surface area contributed by atoms with E-state index >= 15 is 0 Å². The lowest BCUT2D eigenvalue weighted by molar-refractivity contribution is -0.153. The van der Waals surface area contributed by atoms with Crippen molar-refractivity contribution in [2.45, 2.75) is 46.2 Å². The molecule has 2 aromatic carbocycles. The first kappa shape index (κ1) is 26.6. The van der Waals surface area contributed by atoms with Crippen LogP contribution in [0.5, 0.6) is 0 Å². The summed E-state index contributed by atoms with van der Waals surface area (Å²) in [4.78, 5) is 12.2. The van der Waals surface area contributed by atoms with E-state index in [0.29, 0.717) is 17.2 Å². The van der Waals surface area contributed by atoms with Crippen LogP contribution >= 0.6 is 12.2 Å². The molecule has 33 heavy (non-hydrogen) atoms. The highest BCUT2D eigenvalue weighted by atomic mass is 32.2. The Hall–Kier alpha value is -2.65. The van der Waals surface area contributed by atoms with Crippen LogP contribution in [0.1, 0.15) is 44.9 Å². The summed E-state index contributed by atoms with van der Waals surface area (Å²) in [5.41, 5.74) is 1.96. The number of rotatable bonds is 9. The third-order valence-electron chi connectivity index (χ3n) is 4.75. The van der Waals surface area contributed by atoms with E-state index in [2.05, 4.69) is 15.4 Å². The van der Waals surface area contributed by atoms with Crippen LogP contribution in [-0.2, 0) is 26.0 Å². The van der Waals surface area contributed by atoms with Crippen LogP contribution in [0.2, 0.25) is 0 Å². The molecule has 2 atom stereocenters. The molecule has 2 rings (SSSR count). The number of esters is 1. The second-order valence-electron chi connectivity index (χ2n) is 9.07. The molecule has 0 fully saturated rings. The molecule has 3 N–H and O–H groups in total. The number of thiocarbonyl (C=S) groups is 1. The highest BCUT2D eigenvalue weighted by molar-refractivity contribution is 7.92. The van der Waals surface area contributed by atoms with E-state index in [1.165, 1.54) is 0 Å². The molecule has 7 nitrogen and oxygen atoms in total. The summed E-state index contributed by atoms with van der Waals surface area (Å²) in [6.07, 6.45) is 1.75. The Morgan fingerprint density at radius 1 is 1.03 bits per heavy atom. The number of carbonyl (C=O) groups is 1. The van der Waals surface area contributed by atoms with Crippen molar-refractivity contribution in [3.63, 3.8) is 0 Å². The van der Waals surface area contributed by atoms with E-state index in [1.807, 2.05) is 70.2 Å². The Morgan fingerprint density at radius 2 is 1.64 bits per heavy atom. The number of hydrogen-bond acceptors (Lipinski definition) is 5. The van der Waals surface area contributed by atoms with Gasteiger partial charge in [0.25, 0.3) is 0 Å². The van der Waals surface area contributed by atoms with Crippen molar-refractivity contribution in [1.29, 1.82) is 0 Å². The first-order chi connectivity index (χ1) is 15.3. The molecule has 9 heteroatoms. The number of ether oxygens (including phenoxy) is 1. The van der Waals surface area contributed by atoms with Crippen molar-refractivity contribution in [2.75, 3.05) is 17.6 Å². The molecule has 0 aromatic heterocycles. The largest absolute Gasteiger partial charge is 0.463 e. The van der Waals surface area contributed by atoms with Crippen LogP contribution in [0.4, 0.5) is 5.69 Å². The van der Waals surface area contributed by atoms with E-state index < -0.39 is 15.4 Å². The molecule has 0 aliphatic carbocycles. The number of sulfonamides is 1. The Labute approximate surface area is 202 Å². The molecule has 2 aromatic rings. The van der Waals surface area contributed by atoms with Crippen LogP contribution < -0.4 is 15.4 Å². The molecule has 0 saturated carbocycles. The molecule has 0 aliphatic rings. The second-order valence-corrected chi connectivity index (χ2v) is 11.2. The van der Waals surface area contributed by atoms with E-state index in [0.717, 1.165) is 17.4 Å². The van der Waals surface area contributed by atoms with Crippen LogP contribution in [0.15, 0.2) is 54.6 Å². The van der Waals surface area contributed by atoms with E-state index in [1.54, 1.807) is 12.1 Å². The molecule has 0 bridgehead atoms. The third-order valence-corrected chi connectivity index (χ3v) is 5.59. The van der Waals surface area contributed by atoms with E-state index in [9.17, 15) is 13.2 Å². The van der Waals surface area contributed by atoms with Gasteiger partial charge in [-0.15, -0.1) is 0 Å². The lowest BCUT2D eigenvalue weighted by Gasteiger charge is -2.25. The standard InChI is InChI=1S/C24H33N3O4S2/c1-17(19-11-13-20(14-12-19)27-33(5,29)30)25-23(32)26-21(15-18-9-7-6-8-10-18)16-31-22(28)24(2,3)4/h6-14,17,21,27H,15-16H2,1-5H3,(H2,25,26,32)/t17-,21+/m0/s1. The van der Waals surface area contributed by atoms with Crippen molar-refractivity contribution in [3.05, 3.63) is 65.7 Å². The van der Waals surface area contributed by atoms with Crippen molar-refractivity contribution >= 4 is 39.0 Å². The van der Waals surface area contributed by atoms with Gasteiger partial charge in [0.2, 0.25) is 10.0 Å². The Morgan fingerprint density at radius 3 is 2.18 bits per heavy atom. The number of hydrogen-bond donors (Lipinski definition) is 3. The van der Waals surface area contributed by atoms with Crippen molar-refractivity contribution in [1.82, 2.24) is 10.6 Å². The number of benzene rings is 2. The minimum atomic E-state index is -3.32. The molecule has 0 radical (unpaired) electrons. The van der Waals surface area contributed by atoms with Gasteiger partial charge in [-0.25, -0.2) is 8.42 Å². The summed E-state index contributed by atoms with van der Waals surface area (Å²) in [5.74, 6) is -0.266. The van der Waals surface area contributed by atoms with Gasteiger partial charge in [-0.2, -0.15) is 0 Å². The highest BCUT2D eigenvalue weighted by Crippen LogP contribution is 2.18. The molecule has 0 aliphatic heterocycles. The fourth-order valence-corrected chi connectivity index (χ4v) is 3.91. The van der Waals surface area contributed by atoms with Crippen molar-refractivity contribution in [2.24, 2.45) is 5.41 Å². The first-order valence-corrected chi connectivity index (χ1v) is 13.0. The number of anilines is 1. The smallest absolute Gasteiger partial charge is 0.311 e. The second kappa shape index (κ2) is 11.5. The predicted octanol–water partition coefficient (Wildman–Crippen LogP) is 3.78. The van der Waals surface area contributed by atoms with Crippen molar-refractivity contribution in [3.8, 4) is 0 Å². The Bertz CT molecular complexity index is 1030. The van der Waals surface area contributed by atoms with Gasteiger partial charge in [0.05, 0.1) is 23.8 Å². The summed E-state index contributed by atoms with van der Waals surface area (Å²) in [6.45, 7) is 7.60. The summed E-state index contributed by atoms with van der Waals surface area (Å²) in [7, 11) is -3.32. The topological polar surface area (TPSA) is 96.5 Å².